The van der Waals surface area contributed by atoms with Gasteiger partial charge in [-0.2, -0.15) is 0 Å². The van der Waals surface area contributed by atoms with E-state index in [9.17, 15) is 9.00 Å². The molecule has 4 unspecified atom stereocenters. The third-order valence-corrected chi connectivity index (χ3v) is 5.46. The molecule has 0 spiro atoms. The van der Waals surface area contributed by atoms with Crippen molar-refractivity contribution < 1.29 is 9.00 Å². The first kappa shape index (κ1) is 18.6. The lowest BCUT2D eigenvalue weighted by Gasteiger charge is -2.26. The Balaban J connectivity index is 2.70. The second-order valence-electron chi connectivity index (χ2n) is 7.12. The Morgan fingerprint density at radius 2 is 1.71 bits per heavy atom. The van der Waals surface area contributed by atoms with Gasteiger partial charge < -0.3 is 4.90 Å². The molecule has 0 saturated carbocycles. The molecule has 4 atom stereocenters. The molecule has 124 valence electrons. The van der Waals surface area contributed by atoms with Gasteiger partial charge in [-0.3, -0.25) is 14.3 Å². The van der Waals surface area contributed by atoms with Crippen molar-refractivity contribution in [2.75, 3.05) is 12.8 Å². The second kappa shape index (κ2) is 8.28. The first-order valence-corrected chi connectivity index (χ1v) is 9.73. The van der Waals surface area contributed by atoms with Gasteiger partial charge in [0.1, 0.15) is 0 Å². The van der Waals surface area contributed by atoms with Crippen molar-refractivity contribution in [3.8, 4) is 0 Å². The van der Waals surface area contributed by atoms with E-state index in [1.54, 1.807) is 6.26 Å². The van der Waals surface area contributed by atoms with Crippen LogP contribution in [0.3, 0.4) is 0 Å². The van der Waals surface area contributed by atoms with E-state index in [1.165, 1.54) is 0 Å². The summed E-state index contributed by atoms with van der Waals surface area (Å²) in [5, 5.41) is 3.65. The smallest absolute Gasteiger partial charge is 0.241 e. The van der Waals surface area contributed by atoms with Gasteiger partial charge in [-0.1, -0.05) is 34.6 Å². The third-order valence-electron chi connectivity index (χ3n) is 4.10. The minimum atomic E-state index is -0.820. The summed E-state index contributed by atoms with van der Waals surface area (Å²) in [4.78, 5) is 14.6. The number of nitrogens with zero attached hydrogens (tertiary/aromatic N) is 1. The molecule has 0 aromatic heterocycles. The zero-order chi connectivity index (χ0) is 16.2. The van der Waals surface area contributed by atoms with Crippen molar-refractivity contribution in [3.05, 3.63) is 0 Å². The summed E-state index contributed by atoms with van der Waals surface area (Å²) >= 11 is 0. The molecule has 0 aliphatic carbocycles. The normalized spacial score (nSPS) is 25.9. The molecule has 1 amide bonds. The fourth-order valence-corrected chi connectivity index (χ4v) is 3.22. The topological polar surface area (TPSA) is 49.4 Å². The Labute approximate surface area is 132 Å². The van der Waals surface area contributed by atoms with E-state index in [0.29, 0.717) is 18.4 Å². The Morgan fingerprint density at radius 1 is 1.14 bits per heavy atom. The maximum Gasteiger partial charge on any atom is 0.241 e. The molecule has 1 rings (SSSR count). The van der Waals surface area contributed by atoms with Gasteiger partial charge in [0, 0.05) is 28.9 Å². The standard InChI is InChI=1S/C16H32N2O2S/c1-11(2)9-14-16(19)18(8-7-13(5)21(6)20)15(17-14)10-12(3)4/h11-15,17H,7-10H2,1-6H3. The van der Waals surface area contributed by atoms with Crippen LogP contribution in [0.1, 0.15) is 53.9 Å². The van der Waals surface area contributed by atoms with Crippen LogP contribution >= 0.6 is 0 Å². The second-order valence-corrected chi connectivity index (χ2v) is 8.93. The maximum absolute atomic E-state index is 12.6. The van der Waals surface area contributed by atoms with Crippen LogP contribution in [0.5, 0.6) is 0 Å². The number of hydrogen-bond donors (Lipinski definition) is 1. The summed E-state index contributed by atoms with van der Waals surface area (Å²) in [6.45, 7) is 11.4. The molecule has 1 aliphatic rings. The first-order valence-electron chi connectivity index (χ1n) is 8.11. The molecular weight excluding hydrogens is 284 g/mol. The van der Waals surface area contributed by atoms with Gasteiger partial charge in [0.05, 0.1) is 12.2 Å². The highest BCUT2D eigenvalue weighted by atomic mass is 32.2. The van der Waals surface area contributed by atoms with Gasteiger partial charge in [-0.15, -0.1) is 0 Å². The molecule has 4 nitrogen and oxygen atoms in total. The molecule has 1 N–H and O–H groups in total. The minimum absolute atomic E-state index is 0.0452. The van der Waals surface area contributed by atoms with Crippen LogP contribution in [0.2, 0.25) is 0 Å². The lowest BCUT2D eigenvalue weighted by molar-refractivity contribution is -0.130. The maximum atomic E-state index is 12.6. The highest BCUT2D eigenvalue weighted by Gasteiger charge is 2.38. The van der Waals surface area contributed by atoms with E-state index in [0.717, 1.165) is 19.3 Å². The van der Waals surface area contributed by atoms with Crippen LogP contribution in [0.4, 0.5) is 0 Å². The van der Waals surface area contributed by atoms with Crippen molar-refractivity contribution >= 4 is 16.7 Å². The van der Waals surface area contributed by atoms with E-state index >= 15 is 0 Å². The van der Waals surface area contributed by atoms with Crippen LogP contribution in [0.15, 0.2) is 0 Å². The Morgan fingerprint density at radius 3 is 2.19 bits per heavy atom. The predicted molar refractivity (Wildman–Crippen MR) is 89.5 cm³/mol. The summed E-state index contributed by atoms with van der Waals surface area (Å²) < 4.78 is 11.5. The Hall–Kier alpha value is -0.420. The first-order chi connectivity index (χ1) is 9.72. The molecule has 0 bridgehead atoms. The Bertz CT molecular complexity index is 371. The minimum Gasteiger partial charge on any atom is -0.326 e. The summed E-state index contributed by atoms with van der Waals surface area (Å²) in [5.74, 6) is 1.28. The van der Waals surface area contributed by atoms with E-state index in [-0.39, 0.29) is 23.4 Å². The van der Waals surface area contributed by atoms with E-state index < -0.39 is 10.8 Å². The summed E-state index contributed by atoms with van der Waals surface area (Å²) in [6, 6.07) is -0.0452. The molecule has 21 heavy (non-hydrogen) atoms. The molecule has 1 heterocycles. The zero-order valence-corrected chi connectivity index (χ0v) is 15.2. The van der Waals surface area contributed by atoms with Gasteiger partial charge in [-0.05, 0) is 31.1 Å². The van der Waals surface area contributed by atoms with Crippen LogP contribution in [0, 0.1) is 11.8 Å². The van der Waals surface area contributed by atoms with E-state index in [4.69, 9.17) is 0 Å². The summed E-state index contributed by atoms with van der Waals surface area (Å²) in [6.07, 6.45) is 4.54. The van der Waals surface area contributed by atoms with Crippen molar-refractivity contribution in [1.29, 1.82) is 0 Å². The molecule has 1 fully saturated rings. The highest BCUT2D eigenvalue weighted by Crippen LogP contribution is 2.22. The molecule has 0 aromatic rings. The Kier molecular flexibility index (Phi) is 7.34. The number of hydrogen-bond acceptors (Lipinski definition) is 3. The number of rotatable bonds is 8. The van der Waals surface area contributed by atoms with Crippen LogP contribution in [-0.4, -0.2) is 45.3 Å². The predicted octanol–water partition coefficient (Wildman–Crippen LogP) is 2.36. The molecule has 0 aromatic carbocycles. The number of amides is 1. The summed E-state index contributed by atoms with van der Waals surface area (Å²) in [7, 11) is -0.820. The lowest BCUT2D eigenvalue weighted by atomic mass is 10.0. The summed E-state index contributed by atoms with van der Waals surface area (Å²) in [5.41, 5.74) is 0. The number of carbonyl (C=O) groups excluding carboxylic acids is 1. The SMILES string of the molecule is CC(C)CC1NC(CC(C)C)N(CCC(C)S(C)=O)C1=O. The molecule has 5 heteroatoms. The number of nitrogens with one attached hydrogen (secondary N) is 1. The van der Waals surface area contributed by atoms with Crippen molar-refractivity contribution in [2.45, 2.75) is 71.3 Å². The van der Waals surface area contributed by atoms with Gasteiger partial charge >= 0.3 is 0 Å². The van der Waals surface area contributed by atoms with Crippen LogP contribution in [-0.2, 0) is 15.6 Å². The average Bonchev–Trinajstić information content (AvgIpc) is 2.61. The van der Waals surface area contributed by atoms with Crippen molar-refractivity contribution in [3.63, 3.8) is 0 Å². The zero-order valence-electron chi connectivity index (χ0n) is 14.4. The molecule has 1 saturated heterocycles. The lowest BCUT2D eigenvalue weighted by Crippen LogP contribution is -2.40. The molecule has 0 radical (unpaired) electrons. The quantitative estimate of drug-likeness (QED) is 0.748. The van der Waals surface area contributed by atoms with Crippen molar-refractivity contribution in [1.82, 2.24) is 10.2 Å². The fourth-order valence-electron chi connectivity index (χ4n) is 2.78. The van der Waals surface area contributed by atoms with Gasteiger partial charge in [0.2, 0.25) is 5.91 Å². The monoisotopic (exact) mass is 316 g/mol. The van der Waals surface area contributed by atoms with E-state index in [2.05, 4.69) is 33.0 Å². The molecular formula is C16H32N2O2S. The third kappa shape index (κ3) is 5.70. The molecule has 1 aliphatic heterocycles. The highest BCUT2D eigenvalue weighted by molar-refractivity contribution is 7.84. The van der Waals surface area contributed by atoms with Crippen LogP contribution in [0.25, 0.3) is 0 Å². The van der Waals surface area contributed by atoms with Gasteiger partial charge in [-0.25, -0.2) is 0 Å². The van der Waals surface area contributed by atoms with Gasteiger partial charge in [0.15, 0.2) is 0 Å². The fraction of sp³-hybridized carbons (Fsp3) is 0.938. The van der Waals surface area contributed by atoms with Crippen molar-refractivity contribution in [2.24, 2.45) is 11.8 Å². The average molecular weight is 317 g/mol. The van der Waals surface area contributed by atoms with Gasteiger partial charge in [0.25, 0.3) is 0 Å². The van der Waals surface area contributed by atoms with Crippen LogP contribution < -0.4 is 5.32 Å². The largest absolute Gasteiger partial charge is 0.326 e. The van der Waals surface area contributed by atoms with E-state index in [1.807, 2.05) is 11.8 Å². The number of carbonyl (C=O) groups is 1.